The number of halogens is 1. The molecule has 25 heavy (non-hydrogen) atoms. The van der Waals surface area contributed by atoms with Crippen molar-refractivity contribution in [1.29, 1.82) is 0 Å². The minimum atomic E-state index is -0.352. The van der Waals surface area contributed by atoms with Crippen molar-refractivity contribution < 1.29 is 13.6 Å². The van der Waals surface area contributed by atoms with Crippen LogP contribution in [0.25, 0.3) is 17.4 Å². The van der Waals surface area contributed by atoms with Gasteiger partial charge in [0.15, 0.2) is 0 Å². The van der Waals surface area contributed by atoms with Crippen molar-refractivity contribution in [2.75, 3.05) is 12.1 Å². The Labute approximate surface area is 145 Å². The Hall–Kier alpha value is -3.34. The summed E-state index contributed by atoms with van der Waals surface area (Å²) in [7, 11) is 1.75. The molecule has 0 spiro atoms. The standard InChI is InChI=1S/C20H17FN2O2/c1-23(15-7-3-2-4-8-15)22-20(24)14-12-16-11-13-19(25-16)17-9-5-6-10-18(17)21/h2-14H,1H3,(H,22,24)/b14-12+. The number of benzene rings is 2. The summed E-state index contributed by atoms with van der Waals surface area (Å²) in [6, 6.07) is 19.2. The first-order chi connectivity index (χ1) is 12.1. The SMILES string of the molecule is CN(NC(=O)/C=C/c1ccc(-c2ccccc2F)o1)c1ccccc1. The first-order valence-corrected chi connectivity index (χ1v) is 7.76. The Bertz CT molecular complexity index is 887. The molecule has 0 saturated heterocycles. The van der Waals surface area contributed by atoms with Crippen LogP contribution in [0.2, 0.25) is 0 Å². The third-order valence-electron chi connectivity index (χ3n) is 3.59. The zero-order valence-electron chi connectivity index (χ0n) is 13.6. The van der Waals surface area contributed by atoms with Gasteiger partial charge in [0, 0.05) is 13.1 Å². The summed E-state index contributed by atoms with van der Waals surface area (Å²) in [5, 5.41) is 1.62. The fourth-order valence-corrected chi connectivity index (χ4v) is 2.32. The van der Waals surface area contributed by atoms with Crippen LogP contribution < -0.4 is 10.4 Å². The number of carbonyl (C=O) groups is 1. The highest BCUT2D eigenvalue weighted by Crippen LogP contribution is 2.25. The second kappa shape index (κ2) is 7.49. The van der Waals surface area contributed by atoms with Crippen LogP contribution in [0.15, 0.2) is 77.2 Å². The molecule has 1 heterocycles. The lowest BCUT2D eigenvalue weighted by molar-refractivity contribution is -0.116. The number of hydrogen-bond donors (Lipinski definition) is 1. The van der Waals surface area contributed by atoms with Crippen LogP contribution in [0, 0.1) is 5.82 Å². The van der Waals surface area contributed by atoms with E-state index in [0.29, 0.717) is 17.1 Å². The van der Waals surface area contributed by atoms with Crippen molar-refractivity contribution in [3.05, 3.63) is 84.4 Å². The summed E-state index contributed by atoms with van der Waals surface area (Å²) in [6.45, 7) is 0. The van der Waals surface area contributed by atoms with E-state index in [9.17, 15) is 9.18 Å². The Morgan fingerprint density at radius 3 is 2.52 bits per heavy atom. The largest absolute Gasteiger partial charge is 0.457 e. The average Bonchev–Trinajstić information content (AvgIpc) is 3.10. The number of anilines is 1. The second-order valence-corrected chi connectivity index (χ2v) is 5.39. The van der Waals surface area contributed by atoms with Crippen LogP contribution in [0.3, 0.4) is 0 Å². The second-order valence-electron chi connectivity index (χ2n) is 5.39. The lowest BCUT2D eigenvalue weighted by atomic mass is 10.1. The summed E-state index contributed by atoms with van der Waals surface area (Å²) in [5.74, 6) is 0.236. The highest BCUT2D eigenvalue weighted by atomic mass is 19.1. The molecule has 0 aliphatic carbocycles. The zero-order valence-corrected chi connectivity index (χ0v) is 13.6. The van der Waals surface area contributed by atoms with E-state index in [1.165, 1.54) is 12.1 Å². The number of nitrogens with one attached hydrogen (secondary N) is 1. The van der Waals surface area contributed by atoms with Gasteiger partial charge in [-0.25, -0.2) is 4.39 Å². The number of para-hydroxylation sites is 1. The molecule has 5 heteroatoms. The summed E-state index contributed by atoms with van der Waals surface area (Å²) < 4.78 is 19.3. The number of amides is 1. The summed E-state index contributed by atoms with van der Waals surface area (Å²) in [4.78, 5) is 12.0. The van der Waals surface area contributed by atoms with Gasteiger partial charge in [-0.15, -0.1) is 0 Å². The van der Waals surface area contributed by atoms with Crippen molar-refractivity contribution in [3.8, 4) is 11.3 Å². The van der Waals surface area contributed by atoms with Gasteiger partial charge in [0.05, 0.1) is 11.3 Å². The Kier molecular flexibility index (Phi) is 4.95. The summed E-state index contributed by atoms with van der Waals surface area (Å²) in [5.41, 5.74) is 3.97. The first kappa shape index (κ1) is 16.5. The van der Waals surface area contributed by atoms with Crippen molar-refractivity contribution >= 4 is 17.7 Å². The maximum Gasteiger partial charge on any atom is 0.262 e. The molecule has 3 rings (SSSR count). The summed E-state index contributed by atoms with van der Waals surface area (Å²) in [6.07, 6.45) is 2.90. The molecule has 0 unspecified atom stereocenters. The predicted octanol–water partition coefficient (Wildman–Crippen LogP) is 4.27. The molecule has 0 saturated carbocycles. The van der Waals surface area contributed by atoms with Crippen molar-refractivity contribution in [2.24, 2.45) is 0 Å². The monoisotopic (exact) mass is 336 g/mol. The predicted molar refractivity (Wildman–Crippen MR) is 96.1 cm³/mol. The fraction of sp³-hybridized carbons (Fsp3) is 0.0500. The molecular weight excluding hydrogens is 319 g/mol. The van der Waals surface area contributed by atoms with E-state index in [0.717, 1.165) is 5.69 Å². The molecule has 1 aromatic heterocycles. The number of furan rings is 1. The van der Waals surface area contributed by atoms with Gasteiger partial charge < -0.3 is 4.42 Å². The van der Waals surface area contributed by atoms with Crippen LogP contribution in [-0.4, -0.2) is 13.0 Å². The Balaban J connectivity index is 1.64. The van der Waals surface area contributed by atoms with E-state index in [1.54, 1.807) is 48.5 Å². The molecule has 2 aromatic carbocycles. The van der Waals surface area contributed by atoms with Gasteiger partial charge >= 0.3 is 0 Å². The molecule has 0 fully saturated rings. The number of hydrazine groups is 1. The van der Waals surface area contributed by atoms with Crippen LogP contribution in [0.4, 0.5) is 10.1 Å². The topological polar surface area (TPSA) is 45.5 Å². The smallest absolute Gasteiger partial charge is 0.262 e. The maximum absolute atomic E-state index is 13.8. The number of rotatable bonds is 5. The van der Waals surface area contributed by atoms with Gasteiger partial charge in [0.25, 0.3) is 5.91 Å². The van der Waals surface area contributed by atoms with Gasteiger partial charge in [-0.2, -0.15) is 0 Å². The molecule has 1 N–H and O–H groups in total. The molecule has 0 aliphatic rings. The van der Waals surface area contributed by atoms with Crippen molar-refractivity contribution in [1.82, 2.24) is 5.43 Å². The van der Waals surface area contributed by atoms with Gasteiger partial charge in [-0.1, -0.05) is 30.3 Å². The van der Waals surface area contributed by atoms with Gasteiger partial charge in [0.1, 0.15) is 17.3 Å². The molecule has 0 aliphatic heterocycles. The average molecular weight is 336 g/mol. The van der Waals surface area contributed by atoms with Gasteiger partial charge in [-0.05, 0) is 42.5 Å². The van der Waals surface area contributed by atoms with Gasteiger partial charge in [-0.3, -0.25) is 15.2 Å². The number of carbonyl (C=O) groups excluding carboxylic acids is 1. The highest BCUT2D eigenvalue weighted by Gasteiger charge is 2.08. The molecule has 1 amide bonds. The van der Waals surface area contributed by atoms with Crippen LogP contribution in [0.5, 0.6) is 0 Å². The molecule has 0 radical (unpaired) electrons. The third-order valence-corrected chi connectivity index (χ3v) is 3.59. The molecule has 4 nitrogen and oxygen atoms in total. The highest BCUT2D eigenvalue weighted by molar-refractivity contribution is 5.92. The number of hydrogen-bond acceptors (Lipinski definition) is 3. The molecule has 0 bridgehead atoms. The van der Waals surface area contributed by atoms with E-state index < -0.39 is 0 Å². The lowest BCUT2D eigenvalue weighted by Crippen LogP contribution is -2.38. The van der Waals surface area contributed by atoms with Gasteiger partial charge in [0.2, 0.25) is 0 Å². The van der Waals surface area contributed by atoms with E-state index in [2.05, 4.69) is 5.43 Å². The molecule has 0 atom stereocenters. The lowest BCUT2D eigenvalue weighted by Gasteiger charge is -2.18. The normalized spacial score (nSPS) is 10.8. The molecule has 126 valence electrons. The van der Waals surface area contributed by atoms with E-state index >= 15 is 0 Å². The van der Waals surface area contributed by atoms with E-state index in [1.807, 2.05) is 30.3 Å². The quantitative estimate of drug-likeness (QED) is 0.559. The van der Waals surface area contributed by atoms with Crippen LogP contribution in [0.1, 0.15) is 5.76 Å². The molecule has 3 aromatic rings. The zero-order chi connectivity index (χ0) is 17.6. The first-order valence-electron chi connectivity index (χ1n) is 7.76. The Morgan fingerprint density at radius 1 is 1.04 bits per heavy atom. The minimum Gasteiger partial charge on any atom is -0.457 e. The van der Waals surface area contributed by atoms with E-state index in [-0.39, 0.29) is 11.7 Å². The van der Waals surface area contributed by atoms with Crippen LogP contribution in [-0.2, 0) is 4.79 Å². The maximum atomic E-state index is 13.8. The van der Waals surface area contributed by atoms with Crippen molar-refractivity contribution in [2.45, 2.75) is 0 Å². The van der Waals surface area contributed by atoms with E-state index in [4.69, 9.17) is 4.42 Å². The van der Waals surface area contributed by atoms with Crippen LogP contribution >= 0.6 is 0 Å². The van der Waals surface area contributed by atoms with Crippen molar-refractivity contribution in [3.63, 3.8) is 0 Å². The third kappa shape index (κ3) is 4.14. The Morgan fingerprint density at radius 2 is 1.76 bits per heavy atom. The summed E-state index contributed by atoms with van der Waals surface area (Å²) >= 11 is 0. The molecular formula is C20H17FN2O2. The minimum absolute atomic E-state index is 0.296. The fourth-order valence-electron chi connectivity index (χ4n) is 2.32. The number of nitrogens with zero attached hydrogens (tertiary/aromatic N) is 1.